The number of hydrogen-bond acceptors (Lipinski definition) is 4. The van der Waals surface area contributed by atoms with Crippen LogP contribution in [0.4, 0.5) is 0 Å². The third kappa shape index (κ3) is 4.14. The zero-order chi connectivity index (χ0) is 13.7. The molecule has 1 aliphatic rings. The number of carboxylic acids is 1. The first kappa shape index (κ1) is 14.2. The van der Waals surface area contributed by atoms with Crippen molar-refractivity contribution in [1.82, 2.24) is 5.32 Å². The summed E-state index contributed by atoms with van der Waals surface area (Å²) in [6.45, 7) is 2.65. The SMILES string of the molecule is CCCc1ccc(OCC2NC(C(=O)O)CS2)cc1. The van der Waals surface area contributed by atoms with Crippen molar-refractivity contribution in [3.05, 3.63) is 29.8 Å². The molecule has 2 unspecified atom stereocenters. The van der Waals surface area contributed by atoms with E-state index in [0.717, 1.165) is 18.6 Å². The molecule has 1 fully saturated rings. The fourth-order valence-corrected chi connectivity index (χ4v) is 3.07. The number of hydrogen-bond donors (Lipinski definition) is 2. The molecule has 0 bridgehead atoms. The van der Waals surface area contributed by atoms with Crippen LogP contribution in [0.2, 0.25) is 0 Å². The average Bonchev–Trinajstić information content (AvgIpc) is 2.87. The van der Waals surface area contributed by atoms with Gasteiger partial charge in [0.1, 0.15) is 18.4 Å². The summed E-state index contributed by atoms with van der Waals surface area (Å²) in [5.74, 6) is 0.638. The van der Waals surface area contributed by atoms with E-state index in [4.69, 9.17) is 9.84 Å². The van der Waals surface area contributed by atoms with Gasteiger partial charge in [0.15, 0.2) is 0 Å². The molecule has 19 heavy (non-hydrogen) atoms. The van der Waals surface area contributed by atoms with Gasteiger partial charge in [0.25, 0.3) is 0 Å². The van der Waals surface area contributed by atoms with E-state index in [0.29, 0.717) is 12.4 Å². The van der Waals surface area contributed by atoms with Crippen molar-refractivity contribution in [1.29, 1.82) is 0 Å². The Bertz CT molecular complexity index is 421. The van der Waals surface area contributed by atoms with E-state index in [1.807, 2.05) is 12.1 Å². The van der Waals surface area contributed by atoms with Gasteiger partial charge in [-0.15, -0.1) is 11.8 Å². The van der Waals surface area contributed by atoms with E-state index in [9.17, 15) is 4.79 Å². The minimum absolute atomic E-state index is 0.0522. The summed E-state index contributed by atoms with van der Waals surface area (Å²) < 4.78 is 5.67. The van der Waals surface area contributed by atoms with Crippen LogP contribution in [0.5, 0.6) is 5.75 Å². The van der Waals surface area contributed by atoms with Gasteiger partial charge in [-0.2, -0.15) is 0 Å². The maximum absolute atomic E-state index is 10.8. The second-order valence-electron chi connectivity index (χ2n) is 4.58. The van der Waals surface area contributed by atoms with Gasteiger partial charge in [-0.1, -0.05) is 25.5 Å². The summed E-state index contributed by atoms with van der Waals surface area (Å²) in [6.07, 6.45) is 2.22. The Hall–Kier alpha value is -1.20. The molecule has 2 atom stereocenters. The van der Waals surface area contributed by atoms with Crippen molar-refractivity contribution in [2.45, 2.75) is 31.2 Å². The molecule has 0 amide bonds. The molecule has 2 N–H and O–H groups in total. The molecule has 0 saturated carbocycles. The molecule has 0 aliphatic carbocycles. The van der Waals surface area contributed by atoms with E-state index in [2.05, 4.69) is 24.4 Å². The topological polar surface area (TPSA) is 58.6 Å². The highest BCUT2D eigenvalue weighted by atomic mass is 32.2. The first-order chi connectivity index (χ1) is 9.19. The predicted molar refractivity (Wildman–Crippen MR) is 76.7 cm³/mol. The molecule has 4 nitrogen and oxygen atoms in total. The Morgan fingerprint density at radius 1 is 1.47 bits per heavy atom. The Morgan fingerprint density at radius 3 is 2.79 bits per heavy atom. The monoisotopic (exact) mass is 281 g/mol. The normalized spacial score (nSPS) is 22.4. The van der Waals surface area contributed by atoms with Gasteiger partial charge in [-0.3, -0.25) is 10.1 Å². The van der Waals surface area contributed by atoms with E-state index in [1.54, 1.807) is 11.8 Å². The summed E-state index contributed by atoms with van der Waals surface area (Å²) in [7, 11) is 0. The molecular formula is C14H19NO3S. The minimum Gasteiger partial charge on any atom is -0.491 e. The molecule has 1 saturated heterocycles. The molecule has 1 aromatic carbocycles. The van der Waals surface area contributed by atoms with Crippen LogP contribution in [0.25, 0.3) is 0 Å². The van der Waals surface area contributed by atoms with E-state index >= 15 is 0 Å². The molecule has 1 heterocycles. The first-order valence-electron chi connectivity index (χ1n) is 6.51. The second-order valence-corrected chi connectivity index (χ2v) is 5.82. The van der Waals surface area contributed by atoms with Crippen molar-refractivity contribution < 1.29 is 14.6 Å². The number of carbonyl (C=O) groups is 1. The Morgan fingerprint density at radius 2 is 2.21 bits per heavy atom. The molecule has 2 rings (SSSR count). The van der Waals surface area contributed by atoms with Crippen LogP contribution in [0.1, 0.15) is 18.9 Å². The Balaban J connectivity index is 1.78. The van der Waals surface area contributed by atoms with Gasteiger partial charge in [0.2, 0.25) is 0 Å². The third-order valence-electron chi connectivity index (χ3n) is 3.01. The highest BCUT2D eigenvalue weighted by Gasteiger charge is 2.29. The summed E-state index contributed by atoms with van der Waals surface area (Å²) in [5, 5.41) is 12.0. The maximum atomic E-state index is 10.8. The molecular weight excluding hydrogens is 262 g/mol. The highest BCUT2D eigenvalue weighted by molar-refractivity contribution is 8.00. The zero-order valence-corrected chi connectivity index (χ0v) is 11.8. The Labute approximate surface area is 117 Å². The van der Waals surface area contributed by atoms with Gasteiger partial charge in [-0.25, -0.2) is 0 Å². The second kappa shape index (κ2) is 6.82. The standard InChI is InChI=1S/C14H19NO3S/c1-2-3-10-4-6-11(7-5-10)18-8-13-15-12(9-19-13)14(16)17/h4-7,12-13,15H,2-3,8-9H2,1H3,(H,16,17). The summed E-state index contributed by atoms with van der Waals surface area (Å²) in [6, 6.07) is 7.64. The number of thioether (sulfide) groups is 1. The van der Waals surface area contributed by atoms with Crippen LogP contribution in [-0.4, -0.2) is 34.9 Å². The molecule has 5 heteroatoms. The summed E-state index contributed by atoms with van der Waals surface area (Å²) in [4.78, 5) is 10.8. The Kier molecular flexibility index (Phi) is 5.10. The lowest BCUT2D eigenvalue weighted by molar-refractivity contribution is -0.138. The molecule has 1 aromatic rings. The quantitative estimate of drug-likeness (QED) is 0.836. The summed E-state index contributed by atoms with van der Waals surface area (Å²) >= 11 is 1.59. The van der Waals surface area contributed by atoms with Crippen molar-refractivity contribution in [2.75, 3.05) is 12.4 Å². The van der Waals surface area contributed by atoms with Crippen molar-refractivity contribution in [3.8, 4) is 5.75 Å². The first-order valence-corrected chi connectivity index (χ1v) is 7.56. The third-order valence-corrected chi connectivity index (χ3v) is 4.21. The van der Waals surface area contributed by atoms with Crippen LogP contribution in [0, 0.1) is 0 Å². The van der Waals surface area contributed by atoms with Crippen LogP contribution >= 0.6 is 11.8 Å². The number of benzene rings is 1. The lowest BCUT2D eigenvalue weighted by atomic mass is 10.1. The van der Waals surface area contributed by atoms with Crippen molar-refractivity contribution >= 4 is 17.7 Å². The van der Waals surface area contributed by atoms with Crippen molar-refractivity contribution in [3.63, 3.8) is 0 Å². The fourth-order valence-electron chi connectivity index (χ4n) is 1.98. The number of carboxylic acid groups (broad SMARTS) is 1. The number of aryl methyl sites for hydroxylation is 1. The maximum Gasteiger partial charge on any atom is 0.321 e. The predicted octanol–water partition coefficient (Wildman–Crippen LogP) is 2.13. The molecule has 104 valence electrons. The molecule has 0 radical (unpaired) electrons. The van der Waals surface area contributed by atoms with Crippen LogP contribution < -0.4 is 10.1 Å². The fraction of sp³-hybridized carbons (Fsp3) is 0.500. The molecule has 0 spiro atoms. The minimum atomic E-state index is -0.793. The lowest BCUT2D eigenvalue weighted by Gasteiger charge is -2.12. The molecule has 1 aliphatic heterocycles. The number of nitrogens with one attached hydrogen (secondary N) is 1. The van der Waals surface area contributed by atoms with Gasteiger partial charge >= 0.3 is 5.97 Å². The summed E-state index contributed by atoms with van der Waals surface area (Å²) in [5.41, 5.74) is 1.31. The van der Waals surface area contributed by atoms with Gasteiger partial charge in [0, 0.05) is 5.75 Å². The highest BCUT2D eigenvalue weighted by Crippen LogP contribution is 2.21. The van der Waals surface area contributed by atoms with Crippen LogP contribution in [-0.2, 0) is 11.2 Å². The lowest BCUT2D eigenvalue weighted by Crippen LogP contribution is -2.38. The van der Waals surface area contributed by atoms with Gasteiger partial charge < -0.3 is 9.84 Å². The number of rotatable bonds is 6. The zero-order valence-electron chi connectivity index (χ0n) is 11.0. The molecule has 0 aromatic heterocycles. The van der Waals surface area contributed by atoms with E-state index in [-0.39, 0.29) is 5.37 Å². The number of ether oxygens (including phenoxy) is 1. The van der Waals surface area contributed by atoms with E-state index < -0.39 is 12.0 Å². The van der Waals surface area contributed by atoms with Gasteiger partial charge in [-0.05, 0) is 24.1 Å². The van der Waals surface area contributed by atoms with E-state index in [1.165, 1.54) is 5.56 Å². The number of aliphatic carboxylic acids is 1. The average molecular weight is 281 g/mol. The van der Waals surface area contributed by atoms with Crippen LogP contribution in [0.15, 0.2) is 24.3 Å². The largest absolute Gasteiger partial charge is 0.491 e. The van der Waals surface area contributed by atoms with Crippen molar-refractivity contribution in [2.24, 2.45) is 0 Å². The smallest absolute Gasteiger partial charge is 0.321 e. The van der Waals surface area contributed by atoms with Crippen LogP contribution in [0.3, 0.4) is 0 Å². The van der Waals surface area contributed by atoms with Gasteiger partial charge in [0.05, 0.1) is 5.37 Å².